The third-order valence-electron chi connectivity index (χ3n) is 2.14. The summed E-state index contributed by atoms with van der Waals surface area (Å²) in [5.74, 6) is -0.538. The number of hydrogen-bond donors (Lipinski definition) is 2. The van der Waals surface area contributed by atoms with Gasteiger partial charge in [0.2, 0.25) is 0 Å². The second-order valence-corrected chi connectivity index (χ2v) is 4.79. The third kappa shape index (κ3) is 7.97. The van der Waals surface area contributed by atoms with Crippen LogP contribution in [0.25, 0.3) is 0 Å². The summed E-state index contributed by atoms with van der Waals surface area (Å²) in [6, 6.07) is 8.03. The van der Waals surface area contributed by atoms with Crippen LogP contribution in [0.5, 0.6) is 0 Å². The molecule has 1 rings (SSSR count). The number of nitrogens with one attached hydrogen (secondary N) is 1. The van der Waals surface area contributed by atoms with Crippen molar-refractivity contribution in [3.8, 4) is 0 Å². The van der Waals surface area contributed by atoms with E-state index in [2.05, 4.69) is 11.1 Å². The first kappa shape index (κ1) is 18.1. The lowest BCUT2D eigenvalue weighted by Gasteiger charge is -2.10. The number of benzene rings is 1. The van der Waals surface area contributed by atoms with E-state index in [9.17, 15) is 18.0 Å². The Bertz CT molecular complexity index is 389. The van der Waals surface area contributed by atoms with Gasteiger partial charge in [-0.25, -0.2) is 0 Å². The van der Waals surface area contributed by atoms with Gasteiger partial charge in [0.05, 0.1) is 0 Å². The lowest BCUT2D eigenvalue weighted by atomic mass is 10.2. The van der Waals surface area contributed by atoms with Gasteiger partial charge in [-0.3, -0.25) is 4.79 Å². The first-order valence-electron chi connectivity index (χ1n) is 5.28. The fraction of sp³-hybridized carbons (Fsp3) is 0.364. The molecule has 0 aliphatic carbocycles. The van der Waals surface area contributed by atoms with Crippen molar-refractivity contribution in [1.29, 1.82) is 0 Å². The van der Waals surface area contributed by atoms with Crippen molar-refractivity contribution < 1.29 is 23.7 Å². The SMILES string of the molecule is Cl.[NH3+][C@@H](CCSC(F)(F)F)C(=O)Nc1ccccc1. The maximum atomic E-state index is 11.9. The molecular weight excluding hydrogens is 301 g/mol. The molecule has 0 saturated carbocycles. The highest BCUT2D eigenvalue weighted by atomic mass is 35.5. The molecule has 1 aromatic rings. The van der Waals surface area contributed by atoms with E-state index >= 15 is 0 Å². The zero-order chi connectivity index (χ0) is 13.6. The van der Waals surface area contributed by atoms with Crippen molar-refractivity contribution in [2.24, 2.45) is 0 Å². The zero-order valence-electron chi connectivity index (χ0n) is 9.94. The van der Waals surface area contributed by atoms with Gasteiger partial charge in [0.25, 0.3) is 5.91 Å². The van der Waals surface area contributed by atoms with Crippen LogP contribution in [0.1, 0.15) is 6.42 Å². The van der Waals surface area contributed by atoms with Crippen molar-refractivity contribution in [1.82, 2.24) is 0 Å². The Balaban J connectivity index is 0.00000324. The summed E-state index contributed by atoms with van der Waals surface area (Å²) in [4.78, 5) is 11.6. The molecule has 0 radical (unpaired) electrons. The summed E-state index contributed by atoms with van der Waals surface area (Å²) >= 11 is -0.134. The first-order chi connectivity index (χ1) is 8.38. The number of thioether (sulfide) groups is 1. The monoisotopic (exact) mass is 315 g/mol. The maximum Gasteiger partial charge on any atom is 0.441 e. The zero-order valence-corrected chi connectivity index (χ0v) is 11.6. The van der Waals surface area contributed by atoms with E-state index in [1.165, 1.54) is 0 Å². The van der Waals surface area contributed by atoms with Crippen LogP contribution in [0.3, 0.4) is 0 Å². The second kappa shape index (κ2) is 8.29. The van der Waals surface area contributed by atoms with E-state index in [4.69, 9.17) is 0 Å². The Kier molecular flexibility index (Phi) is 7.89. The fourth-order valence-electron chi connectivity index (χ4n) is 1.21. The molecule has 0 fully saturated rings. The standard InChI is InChI=1S/C11H13F3N2OS.ClH/c12-11(13,14)18-7-6-9(15)10(17)16-8-4-2-1-3-5-8;/h1-5,9H,6-7,15H2,(H,16,17);1H/p+1/t9-;/m0./s1. The van der Waals surface area contributed by atoms with E-state index in [1.54, 1.807) is 30.3 Å². The summed E-state index contributed by atoms with van der Waals surface area (Å²) in [5.41, 5.74) is -0.0826. The van der Waals surface area contributed by atoms with Crippen molar-refractivity contribution in [3.05, 3.63) is 30.3 Å². The summed E-state index contributed by atoms with van der Waals surface area (Å²) in [6.07, 6.45) is 0.0862. The lowest BCUT2D eigenvalue weighted by molar-refractivity contribution is -0.402. The van der Waals surface area contributed by atoms with E-state index < -0.39 is 11.6 Å². The van der Waals surface area contributed by atoms with Gasteiger partial charge < -0.3 is 11.1 Å². The molecule has 108 valence electrons. The second-order valence-electron chi connectivity index (χ2n) is 3.64. The number of carbonyl (C=O) groups excluding carboxylic acids is 1. The molecule has 8 heteroatoms. The Morgan fingerprint density at radius 2 is 1.89 bits per heavy atom. The first-order valence-corrected chi connectivity index (χ1v) is 6.27. The number of rotatable bonds is 5. The Labute approximate surface area is 119 Å². The summed E-state index contributed by atoms with van der Waals surface area (Å²) < 4.78 is 35.7. The minimum atomic E-state index is -4.25. The number of halogens is 4. The van der Waals surface area contributed by atoms with Gasteiger partial charge in [-0.1, -0.05) is 30.0 Å². The minimum Gasteiger partial charge on any atom is -0.347 e. The molecule has 0 unspecified atom stereocenters. The topological polar surface area (TPSA) is 56.7 Å². The van der Waals surface area contributed by atoms with Gasteiger partial charge >= 0.3 is 5.51 Å². The molecule has 0 bridgehead atoms. The van der Waals surface area contributed by atoms with Gasteiger partial charge in [0.15, 0.2) is 6.04 Å². The maximum absolute atomic E-state index is 11.9. The molecule has 19 heavy (non-hydrogen) atoms. The fourth-order valence-corrected chi connectivity index (χ4v) is 1.85. The average molecular weight is 316 g/mol. The van der Waals surface area contributed by atoms with Crippen LogP contribution in [0.15, 0.2) is 30.3 Å². The molecule has 0 aromatic heterocycles. The largest absolute Gasteiger partial charge is 0.441 e. The van der Waals surface area contributed by atoms with Gasteiger partial charge in [0.1, 0.15) is 0 Å². The van der Waals surface area contributed by atoms with Crippen LogP contribution in [-0.2, 0) is 4.79 Å². The summed E-state index contributed by atoms with van der Waals surface area (Å²) in [5, 5.41) is 2.60. The molecule has 0 aliphatic rings. The highest BCUT2D eigenvalue weighted by Gasteiger charge is 2.29. The average Bonchev–Trinajstić information content (AvgIpc) is 2.28. The molecule has 0 spiro atoms. The predicted octanol–water partition coefficient (Wildman–Crippen LogP) is 2.30. The van der Waals surface area contributed by atoms with Crippen LogP contribution >= 0.6 is 24.2 Å². The van der Waals surface area contributed by atoms with Crippen LogP contribution in [0, 0.1) is 0 Å². The molecule has 3 nitrogen and oxygen atoms in total. The van der Waals surface area contributed by atoms with Crippen LogP contribution in [0.4, 0.5) is 18.9 Å². The highest BCUT2D eigenvalue weighted by Crippen LogP contribution is 2.30. The molecular formula is C11H15ClF3N2OS+. The minimum absolute atomic E-state index is 0. The predicted molar refractivity (Wildman–Crippen MR) is 72.1 cm³/mol. The Morgan fingerprint density at radius 3 is 2.42 bits per heavy atom. The van der Waals surface area contributed by atoms with E-state index in [0.29, 0.717) is 5.69 Å². The molecule has 0 aliphatic heterocycles. The number of para-hydroxylation sites is 1. The molecule has 4 N–H and O–H groups in total. The number of anilines is 1. The Hall–Kier alpha value is -0.920. The van der Waals surface area contributed by atoms with Crippen molar-refractivity contribution >= 4 is 35.8 Å². The van der Waals surface area contributed by atoms with Gasteiger partial charge in [-0.2, -0.15) is 13.2 Å². The molecule has 1 aromatic carbocycles. The summed E-state index contributed by atoms with van der Waals surface area (Å²) in [7, 11) is 0. The van der Waals surface area contributed by atoms with E-state index in [0.717, 1.165) is 0 Å². The molecule has 1 atom stereocenters. The van der Waals surface area contributed by atoms with E-state index in [1.807, 2.05) is 0 Å². The quantitative estimate of drug-likeness (QED) is 0.876. The third-order valence-corrected chi connectivity index (χ3v) is 2.91. The molecule has 1 amide bonds. The van der Waals surface area contributed by atoms with E-state index in [-0.39, 0.29) is 42.2 Å². The number of amides is 1. The number of carbonyl (C=O) groups is 1. The van der Waals surface area contributed by atoms with Crippen molar-refractivity contribution in [2.45, 2.75) is 18.0 Å². The number of quaternary nitrogens is 1. The number of hydrogen-bond acceptors (Lipinski definition) is 2. The van der Waals surface area contributed by atoms with Crippen LogP contribution < -0.4 is 11.1 Å². The highest BCUT2D eigenvalue weighted by molar-refractivity contribution is 8.00. The number of alkyl halides is 3. The lowest BCUT2D eigenvalue weighted by Crippen LogP contribution is -2.66. The van der Waals surface area contributed by atoms with Crippen LogP contribution in [-0.4, -0.2) is 23.2 Å². The molecule has 0 saturated heterocycles. The van der Waals surface area contributed by atoms with Crippen molar-refractivity contribution in [2.75, 3.05) is 11.1 Å². The van der Waals surface area contributed by atoms with Gasteiger partial charge in [0, 0.05) is 17.9 Å². The van der Waals surface area contributed by atoms with Crippen LogP contribution in [0.2, 0.25) is 0 Å². The van der Waals surface area contributed by atoms with Gasteiger partial charge in [-0.05, 0) is 12.1 Å². The smallest absolute Gasteiger partial charge is 0.347 e. The molecule has 0 heterocycles. The Morgan fingerprint density at radius 1 is 1.32 bits per heavy atom. The normalized spacial score (nSPS) is 12.4. The summed E-state index contributed by atoms with van der Waals surface area (Å²) in [6.45, 7) is 0. The van der Waals surface area contributed by atoms with Gasteiger partial charge in [-0.15, -0.1) is 12.4 Å². The van der Waals surface area contributed by atoms with Crippen molar-refractivity contribution in [3.63, 3.8) is 0 Å².